The molecule has 0 saturated carbocycles. The largest absolute Gasteiger partial charge is 0.484 e. The van der Waals surface area contributed by atoms with Crippen molar-refractivity contribution in [1.29, 1.82) is 0 Å². The van der Waals surface area contributed by atoms with Crippen LogP contribution in [0.4, 0.5) is 13.2 Å². The molecule has 2 nitrogen and oxygen atoms in total. The van der Waals surface area contributed by atoms with Crippen molar-refractivity contribution in [3.8, 4) is 5.75 Å². The Morgan fingerprint density at radius 3 is 2.37 bits per heavy atom. The van der Waals surface area contributed by atoms with Crippen molar-refractivity contribution < 1.29 is 17.9 Å². The molecule has 0 saturated heterocycles. The first kappa shape index (κ1) is 16.1. The molecule has 0 atom stereocenters. The Hall–Kier alpha value is -0.940. The fourth-order valence-electron chi connectivity index (χ4n) is 1.36. The molecule has 1 aromatic carbocycles. The average molecular weight is 296 g/mol. The number of hydrogen-bond donors (Lipinski definition) is 1. The molecule has 0 fully saturated rings. The fraction of sp³-hybridized carbons (Fsp3) is 0.538. The summed E-state index contributed by atoms with van der Waals surface area (Å²) in [7, 11) is 0. The second-order valence-corrected chi connectivity index (χ2v) is 5.63. The molecule has 1 aromatic rings. The van der Waals surface area contributed by atoms with Crippen LogP contribution in [-0.4, -0.2) is 18.3 Å². The summed E-state index contributed by atoms with van der Waals surface area (Å²) in [5.41, 5.74) is 0.365. The maximum Gasteiger partial charge on any atom is 0.422 e. The number of nitrogens with one attached hydrogen (secondary N) is 1. The van der Waals surface area contributed by atoms with Crippen LogP contribution in [-0.2, 0) is 6.54 Å². The third kappa shape index (κ3) is 6.16. The number of hydrogen-bond acceptors (Lipinski definition) is 2. The predicted octanol–water partition coefficient (Wildman–Crippen LogP) is 4.17. The fourth-order valence-corrected chi connectivity index (χ4v) is 1.59. The second-order valence-electron chi connectivity index (χ2n) is 5.22. The minimum atomic E-state index is -4.36. The van der Waals surface area contributed by atoms with Gasteiger partial charge in [0, 0.05) is 22.7 Å². The van der Waals surface area contributed by atoms with Gasteiger partial charge < -0.3 is 10.1 Å². The second kappa shape index (κ2) is 6.01. The molecule has 19 heavy (non-hydrogen) atoms. The van der Waals surface area contributed by atoms with Gasteiger partial charge >= 0.3 is 6.18 Å². The molecule has 0 aliphatic carbocycles. The van der Waals surface area contributed by atoms with Crippen molar-refractivity contribution in [3.05, 3.63) is 28.8 Å². The summed E-state index contributed by atoms with van der Waals surface area (Å²) in [6.07, 6.45) is -4.36. The number of ether oxygens (including phenoxy) is 1. The van der Waals surface area contributed by atoms with E-state index in [0.29, 0.717) is 17.1 Å². The van der Waals surface area contributed by atoms with Gasteiger partial charge in [0.25, 0.3) is 0 Å². The predicted molar refractivity (Wildman–Crippen MR) is 69.6 cm³/mol. The summed E-state index contributed by atoms with van der Waals surface area (Å²) in [6.45, 7) is 4.90. The van der Waals surface area contributed by atoms with Crippen LogP contribution >= 0.6 is 11.6 Å². The van der Waals surface area contributed by atoms with Crippen molar-refractivity contribution in [2.24, 2.45) is 0 Å². The van der Waals surface area contributed by atoms with Gasteiger partial charge in [0.05, 0.1) is 0 Å². The van der Waals surface area contributed by atoms with Gasteiger partial charge in [0.15, 0.2) is 6.61 Å². The first-order chi connectivity index (χ1) is 8.58. The molecular weight excluding hydrogens is 279 g/mol. The van der Waals surface area contributed by atoms with Crippen LogP contribution in [0.3, 0.4) is 0 Å². The highest BCUT2D eigenvalue weighted by Gasteiger charge is 2.29. The molecule has 0 heterocycles. The Kier molecular flexibility index (Phi) is 5.10. The molecular formula is C13H17ClF3NO. The van der Waals surface area contributed by atoms with Gasteiger partial charge in [-0.05, 0) is 32.9 Å². The Labute approximate surface area is 115 Å². The lowest BCUT2D eigenvalue weighted by atomic mass is 10.1. The van der Waals surface area contributed by atoms with Crippen LogP contribution in [0.5, 0.6) is 5.75 Å². The van der Waals surface area contributed by atoms with Crippen LogP contribution in [0.2, 0.25) is 5.02 Å². The van der Waals surface area contributed by atoms with E-state index in [1.807, 2.05) is 20.8 Å². The molecule has 0 spiro atoms. The maximum atomic E-state index is 12.2. The molecule has 0 aliphatic rings. The van der Waals surface area contributed by atoms with E-state index < -0.39 is 12.8 Å². The number of benzene rings is 1. The highest BCUT2D eigenvalue weighted by Crippen LogP contribution is 2.28. The first-order valence-electron chi connectivity index (χ1n) is 5.80. The van der Waals surface area contributed by atoms with Gasteiger partial charge in [0.2, 0.25) is 0 Å². The van der Waals surface area contributed by atoms with Crippen LogP contribution in [0, 0.1) is 0 Å². The van der Waals surface area contributed by atoms with E-state index in [1.54, 1.807) is 12.1 Å². The van der Waals surface area contributed by atoms with Gasteiger partial charge in [-0.2, -0.15) is 13.2 Å². The number of rotatable bonds is 4. The topological polar surface area (TPSA) is 21.3 Å². The molecule has 0 unspecified atom stereocenters. The summed E-state index contributed by atoms with van der Waals surface area (Å²) >= 11 is 6.01. The van der Waals surface area contributed by atoms with Crippen LogP contribution < -0.4 is 10.1 Å². The SMILES string of the molecule is CC(C)(C)NCc1c(Cl)cccc1OCC(F)(F)F. The average Bonchev–Trinajstić information content (AvgIpc) is 2.22. The zero-order valence-corrected chi connectivity index (χ0v) is 11.8. The maximum absolute atomic E-state index is 12.2. The lowest BCUT2D eigenvalue weighted by Crippen LogP contribution is -2.35. The summed E-state index contributed by atoms with van der Waals surface area (Å²) in [6, 6.07) is 4.67. The highest BCUT2D eigenvalue weighted by molar-refractivity contribution is 6.31. The van der Waals surface area contributed by atoms with Crippen LogP contribution in [0.1, 0.15) is 26.3 Å². The minimum absolute atomic E-state index is 0.154. The summed E-state index contributed by atoms with van der Waals surface area (Å²) < 4.78 is 41.3. The highest BCUT2D eigenvalue weighted by atomic mass is 35.5. The molecule has 1 rings (SSSR count). The van der Waals surface area contributed by atoms with E-state index in [0.717, 1.165) is 0 Å². The van der Waals surface area contributed by atoms with Crippen molar-refractivity contribution in [1.82, 2.24) is 5.32 Å². The van der Waals surface area contributed by atoms with E-state index in [-0.39, 0.29) is 11.3 Å². The molecule has 0 aromatic heterocycles. The normalized spacial score (nSPS) is 12.6. The van der Waals surface area contributed by atoms with Gasteiger partial charge in [-0.3, -0.25) is 0 Å². The van der Waals surface area contributed by atoms with E-state index >= 15 is 0 Å². The van der Waals surface area contributed by atoms with Crippen molar-refractivity contribution >= 4 is 11.6 Å². The quantitative estimate of drug-likeness (QED) is 0.900. The van der Waals surface area contributed by atoms with Crippen LogP contribution in [0.25, 0.3) is 0 Å². The molecule has 0 aliphatic heterocycles. The van der Waals surface area contributed by atoms with Gasteiger partial charge in [-0.25, -0.2) is 0 Å². The molecule has 6 heteroatoms. The standard InChI is InChI=1S/C13H17ClF3NO/c1-12(2,3)18-7-9-10(14)5-4-6-11(9)19-8-13(15,16)17/h4-6,18H,7-8H2,1-3H3. The number of alkyl halides is 3. The third-order valence-electron chi connectivity index (χ3n) is 2.26. The lowest BCUT2D eigenvalue weighted by molar-refractivity contribution is -0.153. The molecule has 1 N–H and O–H groups in total. The zero-order valence-electron chi connectivity index (χ0n) is 11.1. The molecule has 0 amide bonds. The van der Waals surface area contributed by atoms with Gasteiger partial charge in [-0.1, -0.05) is 17.7 Å². The summed E-state index contributed by atoms with van der Waals surface area (Å²) in [5.74, 6) is 0.154. The molecule has 0 radical (unpaired) electrons. The Bertz CT molecular complexity index is 427. The Balaban J connectivity index is 2.83. The van der Waals surface area contributed by atoms with E-state index in [1.165, 1.54) is 6.07 Å². The zero-order chi connectivity index (χ0) is 14.7. The third-order valence-corrected chi connectivity index (χ3v) is 2.62. The smallest absolute Gasteiger partial charge is 0.422 e. The summed E-state index contributed by atoms with van der Waals surface area (Å²) in [4.78, 5) is 0. The molecule has 108 valence electrons. The van der Waals surface area contributed by atoms with Crippen molar-refractivity contribution in [3.63, 3.8) is 0 Å². The monoisotopic (exact) mass is 295 g/mol. The van der Waals surface area contributed by atoms with Crippen molar-refractivity contribution in [2.75, 3.05) is 6.61 Å². The minimum Gasteiger partial charge on any atom is -0.484 e. The van der Waals surface area contributed by atoms with E-state index in [2.05, 4.69) is 5.32 Å². The van der Waals surface area contributed by atoms with E-state index in [4.69, 9.17) is 16.3 Å². The van der Waals surface area contributed by atoms with Crippen molar-refractivity contribution in [2.45, 2.75) is 39.0 Å². The lowest BCUT2D eigenvalue weighted by Gasteiger charge is -2.22. The van der Waals surface area contributed by atoms with Gasteiger partial charge in [0.1, 0.15) is 5.75 Å². The Morgan fingerprint density at radius 2 is 1.84 bits per heavy atom. The first-order valence-corrected chi connectivity index (χ1v) is 6.18. The Morgan fingerprint density at radius 1 is 1.21 bits per heavy atom. The number of halogens is 4. The molecule has 0 bridgehead atoms. The van der Waals surface area contributed by atoms with E-state index in [9.17, 15) is 13.2 Å². The van der Waals surface area contributed by atoms with Gasteiger partial charge in [-0.15, -0.1) is 0 Å². The van der Waals surface area contributed by atoms with Crippen LogP contribution in [0.15, 0.2) is 18.2 Å². The summed E-state index contributed by atoms with van der Waals surface area (Å²) in [5, 5.41) is 3.56.